The minimum Gasteiger partial charge on any atom is -0.497 e. The molecule has 1 saturated heterocycles. The number of hydrogen-bond acceptors (Lipinski definition) is 3. The van der Waals surface area contributed by atoms with E-state index in [2.05, 4.69) is 29.7 Å². The first-order valence-electron chi connectivity index (χ1n) is 10.1. The number of aromatic nitrogens is 2. The van der Waals surface area contributed by atoms with Crippen LogP contribution in [0.3, 0.4) is 0 Å². The van der Waals surface area contributed by atoms with Crippen LogP contribution in [0.2, 0.25) is 0 Å². The summed E-state index contributed by atoms with van der Waals surface area (Å²) < 4.78 is 7.65. The SMILES string of the molecule is CCCCCn1c(C2CC(=O)N(c3cccc(OC)c3)C2)nc2ccccc21. The lowest BCUT2D eigenvalue weighted by Crippen LogP contribution is -2.24. The number of fused-ring (bicyclic) bond motifs is 1. The number of ether oxygens (including phenoxy) is 1. The number of nitrogens with zero attached hydrogens (tertiary/aromatic N) is 3. The fourth-order valence-electron chi connectivity index (χ4n) is 4.07. The van der Waals surface area contributed by atoms with Crippen molar-refractivity contribution in [3.8, 4) is 5.75 Å². The Morgan fingerprint density at radius 2 is 2.00 bits per heavy atom. The average Bonchev–Trinajstić information content (AvgIpc) is 3.29. The van der Waals surface area contributed by atoms with Crippen molar-refractivity contribution < 1.29 is 9.53 Å². The summed E-state index contributed by atoms with van der Waals surface area (Å²) in [6, 6.07) is 16.0. The quantitative estimate of drug-likeness (QED) is 0.558. The molecule has 0 spiro atoms. The van der Waals surface area contributed by atoms with Gasteiger partial charge < -0.3 is 14.2 Å². The number of carbonyl (C=O) groups excluding carboxylic acids is 1. The maximum absolute atomic E-state index is 12.8. The lowest BCUT2D eigenvalue weighted by molar-refractivity contribution is -0.117. The minimum atomic E-state index is 0.104. The zero-order valence-electron chi connectivity index (χ0n) is 16.6. The highest BCUT2D eigenvalue weighted by Gasteiger charge is 2.34. The van der Waals surface area contributed by atoms with Gasteiger partial charge in [-0.1, -0.05) is 38.0 Å². The second-order valence-electron chi connectivity index (χ2n) is 7.42. The maximum Gasteiger partial charge on any atom is 0.227 e. The van der Waals surface area contributed by atoms with Gasteiger partial charge in [0, 0.05) is 37.2 Å². The summed E-state index contributed by atoms with van der Waals surface area (Å²) in [7, 11) is 1.65. The zero-order valence-corrected chi connectivity index (χ0v) is 16.6. The molecule has 1 atom stereocenters. The van der Waals surface area contributed by atoms with Crippen LogP contribution in [0.4, 0.5) is 5.69 Å². The van der Waals surface area contributed by atoms with E-state index in [0.717, 1.165) is 35.7 Å². The zero-order chi connectivity index (χ0) is 19.5. The normalized spacial score (nSPS) is 16.9. The Bertz CT molecular complexity index is 979. The first-order valence-corrected chi connectivity index (χ1v) is 10.1. The van der Waals surface area contributed by atoms with Gasteiger partial charge in [-0.2, -0.15) is 0 Å². The van der Waals surface area contributed by atoms with Crippen molar-refractivity contribution in [1.29, 1.82) is 0 Å². The molecule has 28 heavy (non-hydrogen) atoms. The van der Waals surface area contributed by atoms with E-state index in [-0.39, 0.29) is 11.8 Å². The van der Waals surface area contributed by atoms with Crippen molar-refractivity contribution >= 4 is 22.6 Å². The maximum atomic E-state index is 12.8. The molecule has 0 N–H and O–H groups in total. The summed E-state index contributed by atoms with van der Waals surface area (Å²) >= 11 is 0. The van der Waals surface area contributed by atoms with Crippen molar-refractivity contribution in [2.45, 2.75) is 45.1 Å². The number of benzene rings is 2. The van der Waals surface area contributed by atoms with E-state index in [1.165, 1.54) is 18.4 Å². The molecular weight excluding hydrogens is 350 g/mol. The first-order chi connectivity index (χ1) is 13.7. The van der Waals surface area contributed by atoms with Gasteiger partial charge in [-0.3, -0.25) is 4.79 Å². The van der Waals surface area contributed by atoms with Gasteiger partial charge in [-0.25, -0.2) is 4.98 Å². The second kappa shape index (κ2) is 8.05. The molecule has 0 aliphatic carbocycles. The number of amides is 1. The summed E-state index contributed by atoms with van der Waals surface area (Å²) in [4.78, 5) is 19.6. The largest absolute Gasteiger partial charge is 0.497 e. The van der Waals surface area contributed by atoms with E-state index >= 15 is 0 Å². The van der Waals surface area contributed by atoms with E-state index in [1.807, 2.05) is 35.2 Å². The Kier molecular flexibility index (Phi) is 5.33. The molecule has 146 valence electrons. The summed E-state index contributed by atoms with van der Waals surface area (Å²) in [6.07, 6.45) is 4.01. The molecule has 0 radical (unpaired) electrons. The van der Waals surface area contributed by atoms with Crippen LogP contribution in [0, 0.1) is 0 Å². The molecule has 0 saturated carbocycles. The smallest absolute Gasteiger partial charge is 0.227 e. The Morgan fingerprint density at radius 1 is 1.14 bits per heavy atom. The Labute approximate surface area is 165 Å². The molecule has 0 bridgehead atoms. The number of unbranched alkanes of at least 4 members (excludes halogenated alkanes) is 2. The van der Waals surface area contributed by atoms with Crippen molar-refractivity contribution in [3.63, 3.8) is 0 Å². The second-order valence-corrected chi connectivity index (χ2v) is 7.42. The van der Waals surface area contributed by atoms with E-state index in [9.17, 15) is 4.79 Å². The Balaban J connectivity index is 1.64. The van der Waals surface area contributed by atoms with Crippen LogP contribution >= 0.6 is 0 Å². The third kappa shape index (κ3) is 3.49. The topological polar surface area (TPSA) is 47.4 Å². The number of para-hydroxylation sites is 2. The number of anilines is 1. The highest BCUT2D eigenvalue weighted by molar-refractivity contribution is 5.96. The van der Waals surface area contributed by atoms with Gasteiger partial charge in [-0.05, 0) is 30.7 Å². The molecule has 1 fully saturated rings. The molecule has 2 aromatic carbocycles. The molecule has 2 heterocycles. The van der Waals surface area contributed by atoms with Crippen molar-refractivity contribution in [2.75, 3.05) is 18.6 Å². The summed E-state index contributed by atoms with van der Waals surface area (Å²) in [6.45, 7) is 3.82. The first kappa shape index (κ1) is 18.5. The molecule has 1 aromatic heterocycles. The lowest BCUT2D eigenvalue weighted by atomic mass is 10.1. The molecule has 5 nitrogen and oxygen atoms in total. The van der Waals surface area contributed by atoms with Crippen molar-refractivity contribution in [2.24, 2.45) is 0 Å². The number of methoxy groups -OCH3 is 1. The van der Waals surface area contributed by atoms with Crippen LogP contribution < -0.4 is 9.64 Å². The summed E-state index contributed by atoms with van der Waals surface area (Å²) in [5.41, 5.74) is 3.07. The highest BCUT2D eigenvalue weighted by Crippen LogP contribution is 2.34. The van der Waals surface area contributed by atoms with Crippen LogP contribution in [-0.2, 0) is 11.3 Å². The third-order valence-electron chi connectivity index (χ3n) is 5.52. The van der Waals surface area contributed by atoms with Gasteiger partial charge in [0.25, 0.3) is 0 Å². The van der Waals surface area contributed by atoms with E-state index in [1.54, 1.807) is 7.11 Å². The fourth-order valence-corrected chi connectivity index (χ4v) is 4.07. The van der Waals surface area contributed by atoms with Crippen molar-refractivity contribution in [3.05, 3.63) is 54.4 Å². The van der Waals surface area contributed by atoms with E-state index < -0.39 is 0 Å². The lowest BCUT2D eigenvalue weighted by Gasteiger charge is -2.18. The number of imidazole rings is 1. The average molecular weight is 377 g/mol. The van der Waals surface area contributed by atoms with Gasteiger partial charge in [0.15, 0.2) is 0 Å². The molecule has 1 aliphatic rings. The van der Waals surface area contributed by atoms with Crippen LogP contribution in [-0.4, -0.2) is 29.1 Å². The van der Waals surface area contributed by atoms with Gasteiger partial charge in [0.05, 0.1) is 18.1 Å². The highest BCUT2D eigenvalue weighted by atomic mass is 16.5. The van der Waals surface area contributed by atoms with E-state index in [0.29, 0.717) is 13.0 Å². The predicted octanol–water partition coefficient (Wildman–Crippen LogP) is 4.76. The van der Waals surface area contributed by atoms with Gasteiger partial charge >= 0.3 is 0 Å². The van der Waals surface area contributed by atoms with Gasteiger partial charge in [0.2, 0.25) is 5.91 Å². The molecular formula is C23H27N3O2. The van der Waals surface area contributed by atoms with Crippen LogP contribution in [0.25, 0.3) is 11.0 Å². The summed E-state index contributed by atoms with van der Waals surface area (Å²) in [5.74, 6) is 2.05. The van der Waals surface area contributed by atoms with Crippen LogP contribution in [0.1, 0.15) is 44.3 Å². The molecule has 1 unspecified atom stereocenters. The van der Waals surface area contributed by atoms with E-state index in [4.69, 9.17) is 9.72 Å². The van der Waals surface area contributed by atoms with Crippen molar-refractivity contribution in [1.82, 2.24) is 9.55 Å². The number of aryl methyl sites for hydroxylation is 1. The predicted molar refractivity (Wildman–Crippen MR) is 112 cm³/mol. The molecule has 1 aliphatic heterocycles. The molecule has 1 amide bonds. The van der Waals surface area contributed by atoms with Crippen LogP contribution in [0.15, 0.2) is 48.5 Å². The molecule has 4 rings (SSSR count). The molecule has 5 heteroatoms. The fraction of sp³-hybridized carbons (Fsp3) is 0.391. The number of hydrogen-bond donors (Lipinski definition) is 0. The Morgan fingerprint density at radius 3 is 2.82 bits per heavy atom. The number of carbonyl (C=O) groups is 1. The van der Waals surface area contributed by atoms with Crippen LogP contribution in [0.5, 0.6) is 5.75 Å². The van der Waals surface area contributed by atoms with Gasteiger partial charge in [-0.15, -0.1) is 0 Å². The Hall–Kier alpha value is -2.82. The molecule has 3 aromatic rings. The summed E-state index contributed by atoms with van der Waals surface area (Å²) in [5, 5.41) is 0. The minimum absolute atomic E-state index is 0.104. The number of rotatable bonds is 7. The van der Waals surface area contributed by atoms with Gasteiger partial charge in [0.1, 0.15) is 11.6 Å². The standard InChI is InChI=1S/C23H27N3O2/c1-3-4-7-13-25-21-12-6-5-11-20(21)24-23(25)17-14-22(27)26(16-17)18-9-8-10-19(15-18)28-2/h5-6,8-12,15,17H,3-4,7,13-14,16H2,1-2H3. The third-order valence-corrected chi connectivity index (χ3v) is 5.52. The monoisotopic (exact) mass is 377 g/mol.